The highest BCUT2D eigenvalue weighted by molar-refractivity contribution is 7.99. The second-order valence-electron chi connectivity index (χ2n) is 3.13. The summed E-state index contributed by atoms with van der Waals surface area (Å²) in [5, 5.41) is 4.38. The molecule has 1 unspecified atom stereocenters. The minimum absolute atomic E-state index is 0.553. The summed E-state index contributed by atoms with van der Waals surface area (Å²) in [6.07, 6.45) is 5.05. The number of rotatable bonds is 3. The van der Waals surface area contributed by atoms with E-state index in [4.69, 9.17) is 0 Å². The Hall–Kier alpha value is -0.420. The van der Waals surface area contributed by atoms with Crippen molar-refractivity contribution in [2.75, 3.05) is 23.1 Å². The molecule has 76 valence electrons. The van der Waals surface area contributed by atoms with E-state index in [1.165, 1.54) is 17.9 Å². The predicted molar refractivity (Wildman–Crippen MR) is 63.2 cm³/mol. The molecule has 1 N–H and O–H groups in total. The van der Waals surface area contributed by atoms with Gasteiger partial charge >= 0.3 is 0 Å². The van der Waals surface area contributed by atoms with Gasteiger partial charge in [-0.2, -0.15) is 11.8 Å². The maximum Gasteiger partial charge on any atom is 0.223 e. The molecule has 2 heterocycles. The topological polar surface area (TPSA) is 37.8 Å². The fraction of sp³-hybridized carbons (Fsp3) is 0.556. The van der Waals surface area contributed by atoms with Crippen LogP contribution in [0.15, 0.2) is 17.3 Å². The first-order valence-corrected chi connectivity index (χ1v) is 6.98. The molecule has 0 spiro atoms. The lowest BCUT2D eigenvalue weighted by atomic mass is 10.3. The van der Waals surface area contributed by atoms with Crippen LogP contribution in [0.4, 0.5) is 5.95 Å². The van der Waals surface area contributed by atoms with Gasteiger partial charge in [0.25, 0.3) is 0 Å². The fourth-order valence-corrected chi connectivity index (χ4v) is 2.88. The third-order valence-electron chi connectivity index (χ3n) is 2.10. The Balaban J connectivity index is 2.00. The molecule has 1 aliphatic rings. The van der Waals surface area contributed by atoms with Crippen LogP contribution in [-0.4, -0.2) is 33.8 Å². The van der Waals surface area contributed by atoms with Gasteiger partial charge in [-0.1, -0.05) is 0 Å². The van der Waals surface area contributed by atoms with Crippen LogP contribution in [0.1, 0.15) is 6.42 Å². The van der Waals surface area contributed by atoms with Gasteiger partial charge in [0.1, 0.15) is 5.03 Å². The molecule has 0 aromatic carbocycles. The van der Waals surface area contributed by atoms with Crippen LogP contribution in [0.2, 0.25) is 0 Å². The Bertz CT molecular complexity index is 300. The highest BCUT2D eigenvalue weighted by Gasteiger charge is 2.15. The average Bonchev–Trinajstić information content (AvgIpc) is 2.71. The van der Waals surface area contributed by atoms with E-state index in [1.54, 1.807) is 11.8 Å². The quantitative estimate of drug-likeness (QED) is 0.632. The van der Waals surface area contributed by atoms with Crippen LogP contribution in [0.25, 0.3) is 0 Å². The molecule has 0 saturated carbocycles. The van der Waals surface area contributed by atoms with Crippen LogP contribution in [-0.2, 0) is 0 Å². The lowest BCUT2D eigenvalue weighted by molar-refractivity contribution is 0.793. The molecule has 0 bridgehead atoms. The van der Waals surface area contributed by atoms with Gasteiger partial charge in [-0.3, -0.25) is 0 Å². The minimum Gasteiger partial charge on any atom is -0.351 e. The number of nitrogens with one attached hydrogen (secondary N) is 1. The van der Waals surface area contributed by atoms with Crippen molar-refractivity contribution in [1.29, 1.82) is 0 Å². The van der Waals surface area contributed by atoms with Crippen molar-refractivity contribution in [1.82, 2.24) is 9.97 Å². The molecule has 1 aromatic rings. The number of hydrogen-bond acceptors (Lipinski definition) is 5. The standard InChI is InChI=1S/C9H13N3S2/c1-13-8-2-4-10-9(12-8)11-7-3-5-14-6-7/h2,4,7H,3,5-6H2,1H3,(H,10,11,12). The number of thioether (sulfide) groups is 2. The molecule has 1 atom stereocenters. The molecule has 0 amide bonds. The molecule has 0 aliphatic carbocycles. The lowest BCUT2D eigenvalue weighted by Gasteiger charge is -2.10. The second-order valence-corrected chi connectivity index (χ2v) is 5.10. The van der Waals surface area contributed by atoms with Gasteiger partial charge in [-0.05, 0) is 24.5 Å². The molecular weight excluding hydrogens is 214 g/mol. The predicted octanol–water partition coefficient (Wildman–Crippen LogP) is 2.12. The van der Waals surface area contributed by atoms with E-state index in [1.807, 2.05) is 30.3 Å². The molecular formula is C9H13N3S2. The van der Waals surface area contributed by atoms with Crippen LogP contribution in [0.5, 0.6) is 0 Å². The SMILES string of the molecule is CSc1ccnc(NC2CCSC2)n1. The fourth-order valence-electron chi connectivity index (χ4n) is 1.36. The smallest absolute Gasteiger partial charge is 0.223 e. The number of anilines is 1. The van der Waals surface area contributed by atoms with E-state index in [0.717, 1.165) is 11.0 Å². The zero-order valence-electron chi connectivity index (χ0n) is 8.06. The molecule has 5 heteroatoms. The van der Waals surface area contributed by atoms with Gasteiger partial charge in [0.15, 0.2) is 0 Å². The van der Waals surface area contributed by atoms with Crippen LogP contribution < -0.4 is 5.32 Å². The number of hydrogen-bond donors (Lipinski definition) is 1. The molecule has 3 nitrogen and oxygen atoms in total. The first-order chi connectivity index (χ1) is 6.88. The van der Waals surface area contributed by atoms with E-state index in [-0.39, 0.29) is 0 Å². The first kappa shape index (κ1) is 10.1. The summed E-state index contributed by atoms with van der Waals surface area (Å²) < 4.78 is 0. The summed E-state index contributed by atoms with van der Waals surface area (Å²) in [5.74, 6) is 3.19. The molecule has 1 saturated heterocycles. The Morgan fingerprint density at radius 1 is 1.64 bits per heavy atom. The highest BCUT2D eigenvalue weighted by atomic mass is 32.2. The molecule has 14 heavy (non-hydrogen) atoms. The van der Waals surface area contributed by atoms with E-state index < -0.39 is 0 Å². The van der Waals surface area contributed by atoms with Crippen molar-refractivity contribution in [3.63, 3.8) is 0 Å². The Kier molecular flexibility index (Phi) is 3.53. The summed E-state index contributed by atoms with van der Waals surface area (Å²) in [4.78, 5) is 8.59. The molecule has 1 aromatic heterocycles. The van der Waals surface area contributed by atoms with E-state index in [9.17, 15) is 0 Å². The van der Waals surface area contributed by atoms with Gasteiger partial charge < -0.3 is 5.32 Å². The van der Waals surface area contributed by atoms with E-state index in [0.29, 0.717) is 6.04 Å². The Labute approximate surface area is 92.5 Å². The largest absolute Gasteiger partial charge is 0.351 e. The zero-order valence-corrected chi connectivity index (χ0v) is 9.70. The van der Waals surface area contributed by atoms with Crippen molar-refractivity contribution in [3.8, 4) is 0 Å². The van der Waals surface area contributed by atoms with E-state index >= 15 is 0 Å². The van der Waals surface area contributed by atoms with Crippen LogP contribution in [0, 0.1) is 0 Å². The maximum atomic E-state index is 4.39. The molecule has 2 rings (SSSR count). The van der Waals surface area contributed by atoms with Gasteiger partial charge in [0.05, 0.1) is 0 Å². The molecule has 0 radical (unpaired) electrons. The first-order valence-electron chi connectivity index (χ1n) is 4.60. The molecule has 1 aliphatic heterocycles. The van der Waals surface area contributed by atoms with Gasteiger partial charge in [0.2, 0.25) is 5.95 Å². The second kappa shape index (κ2) is 4.89. The Morgan fingerprint density at radius 3 is 3.29 bits per heavy atom. The summed E-state index contributed by atoms with van der Waals surface area (Å²) in [6, 6.07) is 2.48. The zero-order chi connectivity index (χ0) is 9.80. The number of nitrogens with zero attached hydrogens (tertiary/aromatic N) is 2. The van der Waals surface area contributed by atoms with Crippen molar-refractivity contribution in [3.05, 3.63) is 12.3 Å². The monoisotopic (exact) mass is 227 g/mol. The van der Waals surface area contributed by atoms with Crippen molar-refractivity contribution >= 4 is 29.5 Å². The minimum atomic E-state index is 0.553. The normalized spacial score (nSPS) is 21.1. The average molecular weight is 227 g/mol. The Morgan fingerprint density at radius 2 is 2.57 bits per heavy atom. The van der Waals surface area contributed by atoms with Gasteiger partial charge in [-0.15, -0.1) is 11.8 Å². The number of aromatic nitrogens is 2. The maximum absolute atomic E-state index is 4.39. The summed E-state index contributed by atoms with van der Waals surface area (Å²) in [5.41, 5.74) is 0. The van der Waals surface area contributed by atoms with Crippen molar-refractivity contribution < 1.29 is 0 Å². The van der Waals surface area contributed by atoms with Crippen LogP contribution >= 0.6 is 23.5 Å². The summed E-state index contributed by atoms with van der Waals surface area (Å²) >= 11 is 3.63. The molecule has 1 fully saturated rings. The lowest BCUT2D eigenvalue weighted by Crippen LogP contribution is -2.19. The summed E-state index contributed by atoms with van der Waals surface area (Å²) in [7, 11) is 0. The van der Waals surface area contributed by atoms with Crippen molar-refractivity contribution in [2.24, 2.45) is 0 Å². The third kappa shape index (κ3) is 2.54. The van der Waals surface area contributed by atoms with Gasteiger partial charge in [0, 0.05) is 18.0 Å². The van der Waals surface area contributed by atoms with Gasteiger partial charge in [-0.25, -0.2) is 9.97 Å². The van der Waals surface area contributed by atoms with E-state index in [2.05, 4.69) is 15.3 Å². The van der Waals surface area contributed by atoms with Crippen molar-refractivity contribution in [2.45, 2.75) is 17.5 Å². The summed E-state index contributed by atoms with van der Waals surface area (Å²) in [6.45, 7) is 0. The highest BCUT2D eigenvalue weighted by Crippen LogP contribution is 2.20. The van der Waals surface area contributed by atoms with Crippen LogP contribution in [0.3, 0.4) is 0 Å². The third-order valence-corrected chi connectivity index (χ3v) is 3.91.